The maximum Gasteiger partial charge on any atom is 0.126 e. The number of anilines is 1. The van der Waals surface area contributed by atoms with Crippen molar-refractivity contribution in [3.05, 3.63) is 36.0 Å². The van der Waals surface area contributed by atoms with Gasteiger partial charge < -0.3 is 10.8 Å². The molecule has 1 aliphatic carbocycles. The number of aromatic amines is 1. The summed E-state index contributed by atoms with van der Waals surface area (Å²) in [6.45, 7) is 0. The number of aliphatic hydroxyl groups is 1. The summed E-state index contributed by atoms with van der Waals surface area (Å²) in [6, 6.07) is 8.28. The Labute approximate surface area is 106 Å². The topological polar surface area (TPSA) is 74.9 Å². The molecule has 2 aromatic rings. The van der Waals surface area contributed by atoms with Gasteiger partial charge in [-0.2, -0.15) is 5.10 Å². The van der Waals surface area contributed by atoms with E-state index >= 15 is 0 Å². The van der Waals surface area contributed by atoms with Crippen LogP contribution < -0.4 is 5.73 Å². The minimum Gasteiger partial charge on any atom is -0.390 e. The molecule has 3 rings (SSSR count). The fraction of sp³-hybridized carbons (Fsp3) is 0.357. The van der Waals surface area contributed by atoms with Crippen molar-refractivity contribution in [1.29, 1.82) is 0 Å². The van der Waals surface area contributed by atoms with Gasteiger partial charge in [0.2, 0.25) is 0 Å². The number of H-pyrrole nitrogens is 1. The molecule has 1 heterocycles. The molecule has 1 fully saturated rings. The standard InChI is InChI=1S/C14H17N3O/c15-13-12(9-16-17-13)11-3-1-10(2-4-11)5-6-14(18)7-8-14/h1-4,9,18H,5-8H2,(H3,15,16,17). The molecule has 1 saturated carbocycles. The van der Waals surface area contributed by atoms with Gasteiger partial charge in [0.25, 0.3) is 0 Å². The smallest absolute Gasteiger partial charge is 0.126 e. The van der Waals surface area contributed by atoms with Crippen molar-refractivity contribution in [3.8, 4) is 11.1 Å². The van der Waals surface area contributed by atoms with Crippen molar-refractivity contribution in [3.63, 3.8) is 0 Å². The van der Waals surface area contributed by atoms with E-state index < -0.39 is 0 Å². The zero-order chi connectivity index (χ0) is 12.6. The molecule has 0 atom stereocenters. The van der Waals surface area contributed by atoms with E-state index in [0.717, 1.165) is 36.8 Å². The Kier molecular flexibility index (Phi) is 2.59. The zero-order valence-corrected chi connectivity index (χ0v) is 10.2. The molecule has 94 valence electrons. The van der Waals surface area contributed by atoms with E-state index in [1.165, 1.54) is 5.56 Å². The predicted molar refractivity (Wildman–Crippen MR) is 70.9 cm³/mol. The first kappa shape index (κ1) is 11.3. The Bertz CT molecular complexity index is 540. The lowest BCUT2D eigenvalue weighted by Crippen LogP contribution is -2.07. The van der Waals surface area contributed by atoms with Crippen LogP contribution in [0, 0.1) is 0 Å². The first-order chi connectivity index (χ1) is 8.66. The van der Waals surface area contributed by atoms with Crippen LogP contribution >= 0.6 is 0 Å². The summed E-state index contributed by atoms with van der Waals surface area (Å²) in [6.07, 6.45) is 5.43. The van der Waals surface area contributed by atoms with Crippen LogP contribution in [0.25, 0.3) is 11.1 Å². The van der Waals surface area contributed by atoms with E-state index in [2.05, 4.69) is 22.3 Å². The Morgan fingerprint density at radius 2 is 2.00 bits per heavy atom. The van der Waals surface area contributed by atoms with Gasteiger partial charge in [-0.25, -0.2) is 0 Å². The lowest BCUT2D eigenvalue weighted by atomic mass is 10.0. The van der Waals surface area contributed by atoms with Gasteiger partial charge >= 0.3 is 0 Å². The first-order valence-electron chi connectivity index (χ1n) is 6.27. The predicted octanol–water partition coefficient (Wildman–Crippen LogP) is 2.12. The minimum atomic E-state index is -0.367. The van der Waals surface area contributed by atoms with E-state index in [1.54, 1.807) is 6.20 Å². The lowest BCUT2D eigenvalue weighted by Gasteiger charge is -2.07. The van der Waals surface area contributed by atoms with E-state index in [0.29, 0.717) is 5.82 Å². The van der Waals surface area contributed by atoms with Gasteiger partial charge in [-0.05, 0) is 36.8 Å². The first-order valence-corrected chi connectivity index (χ1v) is 6.27. The second-order valence-corrected chi connectivity index (χ2v) is 5.12. The molecule has 1 aromatic carbocycles. The summed E-state index contributed by atoms with van der Waals surface area (Å²) in [4.78, 5) is 0. The zero-order valence-electron chi connectivity index (χ0n) is 10.2. The SMILES string of the molecule is Nc1[nH]ncc1-c1ccc(CCC2(O)CC2)cc1. The Hall–Kier alpha value is -1.81. The van der Waals surface area contributed by atoms with Crippen LogP contribution in [0.15, 0.2) is 30.5 Å². The maximum absolute atomic E-state index is 9.80. The lowest BCUT2D eigenvalue weighted by molar-refractivity contribution is 0.140. The van der Waals surface area contributed by atoms with Crippen LogP contribution in [-0.4, -0.2) is 20.9 Å². The minimum absolute atomic E-state index is 0.367. The van der Waals surface area contributed by atoms with E-state index in [1.807, 2.05) is 12.1 Å². The van der Waals surface area contributed by atoms with Crippen LogP contribution in [0.5, 0.6) is 0 Å². The number of nitrogens with one attached hydrogen (secondary N) is 1. The van der Waals surface area contributed by atoms with Gasteiger partial charge in [0.1, 0.15) is 5.82 Å². The molecular weight excluding hydrogens is 226 g/mol. The summed E-state index contributed by atoms with van der Waals surface area (Å²) in [5, 5.41) is 16.4. The Balaban J connectivity index is 1.71. The quantitative estimate of drug-likeness (QED) is 0.770. The van der Waals surface area contributed by atoms with Gasteiger partial charge in [-0.3, -0.25) is 5.10 Å². The number of nitrogens with zero attached hydrogens (tertiary/aromatic N) is 1. The van der Waals surface area contributed by atoms with Crippen LogP contribution in [-0.2, 0) is 6.42 Å². The third kappa shape index (κ3) is 2.24. The van der Waals surface area contributed by atoms with E-state index in [4.69, 9.17) is 5.73 Å². The Morgan fingerprint density at radius 3 is 2.56 bits per heavy atom. The molecule has 1 aromatic heterocycles. The molecule has 18 heavy (non-hydrogen) atoms. The molecule has 0 radical (unpaired) electrons. The molecule has 0 bridgehead atoms. The highest BCUT2D eigenvalue weighted by Crippen LogP contribution is 2.39. The van der Waals surface area contributed by atoms with Crippen LogP contribution in [0.1, 0.15) is 24.8 Å². The molecule has 0 aliphatic heterocycles. The second kappa shape index (κ2) is 4.14. The fourth-order valence-corrected chi connectivity index (χ4v) is 2.15. The molecule has 0 saturated heterocycles. The average molecular weight is 243 g/mol. The number of nitrogens with two attached hydrogens (primary N) is 1. The molecule has 0 spiro atoms. The maximum atomic E-state index is 9.80. The summed E-state index contributed by atoms with van der Waals surface area (Å²) in [7, 11) is 0. The fourth-order valence-electron chi connectivity index (χ4n) is 2.15. The summed E-state index contributed by atoms with van der Waals surface area (Å²) >= 11 is 0. The average Bonchev–Trinajstić information content (AvgIpc) is 2.96. The number of aromatic nitrogens is 2. The number of aryl methyl sites for hydroxylation is 1. The second-order valence-electron chi connectivity index (χ2n) is 5.12. The summed E-state index contributed by atoms with van der Waals surface area (Å²) in [5.74, 6) is 0.593. The number of nitrogen functional groups attached to an aromatic ring is 1. The molecule has 4 nitrogen and oxygen atoms in total. The van der Waals surface area contributed by atoms with Crippen molar-refractivity contribution in [2.45, 2.75) is 31.3 Å². The molecular formula is C14H17N3O. The van der Waals surface area contributed by atoms with Crippen LogP contribution in [0.4, 0.5) is 5.82 Å². The largest absolute Gasteiger partial charge is 0.390 e. The van der Waals surface area contributed by atoms with Gasteiger partial charge in [0.15, 0.2) is 0 Å². The number of hydrogen-bond donors (Lipinski definition) is 3. The Morgan fingerprint density at radius 1 is 1.28 bits per heavy atom. The van der Waals surface area contributed by atoms with Gasteiger partial charge in [-0.15, -0.1) is 0 Å². The monoisotopic (exact) mass is 243 g/mol. The highest BCUT2D eigenvalue weighted by Gasteiger charge is 2.39. The van der Waals surface area contributed by atoms with Crippen molar-refractivity contribution >= 4 is 5.82 Å². The van der Waals surface area contributed by atoms with Crippen LogP contribution in [0.3, 0.4) is 0 Å². The third-order valence-corrected chi connectivity index (χ3v) is 3.64. The highest BCUT2D eigenvalue weighted by molar-refractivity contribution is 5.72. The molecule has 4 N–H and O–H groups in total. The van der Waals surface area contributed by atoms with Crippen molar-refractivity contribution in [2.24, 2.45) is 0 Å². The van der Waals surface area contributed by atoms with Crippen molar-refractivity contribution in [2.75, 3.05) is 5.73 Å². The van der Waals surface area contributed by atoms with Crippen molar-refractivity contribution in [1.82, 2.24) is 10.2 Å². The molecule has 4 heteroatoms. The van der Waals surface area contributed by atoms with E-state index in [9.17, 15) is 5.11 Å². The number of hydrogen-bond acceptors (Lipinski definition) is 3. The highest BCUT2D eigenvalue weighted by atomic mass is 16.3. The summed E-state index contributed by atoms with van der Waals surface area (Å²) in [5.41, 5.74) is 8.66. The molecule has 0 unspecified atom stereocenters. The van der Waals surface area contributed by atoms with Gasteiger partial charge in [0.05, 0.1) is 11.8 Å². The number of benzene rings is 1. The number of rotatable bonds is 4. The third-order valence-electron chi connectivity index (χ3n) is 3.64. The molecule has 1 aliphatic rings. The molecule has 0 amide bonds. The van der Waals surface area contributed by atoms with E-state index in [-0.39, 0.29) is 5.60 Å². The summed E-state index contributed by atoms with van der Waals surface area (Å²) < 4.78 is 0. The normalized spacial score (nSPS) is 16.7. The van der Waals surface area contributed by atoms with Gasteiger partial charge in [-0.1, -0.05) is 24.3 Å². The van der Waals surface area contributed by atoms with Crippen molar-refractivity contribution < 1.29 is 5.11 Å². The van der Waals surface area contributed by atoms with Gasteiger partial charge in [0, 0.05) is 5.56 Å². The van der Waals surface area contributed by atoms with Crippen LogP contribution in [0.2, 0.25) is 0 Å².